The van der Waals surface area contributed by atoms with Crippen molar-refractivity contribution in [2.45, 2.75) is 11.8 Å². The molecule has 3 nitrogen and oxygen atoms in total. The molecule has 0 atom stereocenters. The minimum atomic E-state index is -2.81. The second kappa shape index (κ2) is 4.33. The zero-order valence-corrected chi connectivity index (χ0v) is 8.42. The van der Waals surface area contributed by atoms with Crippen molar-refractivity contribution in [3.05, 3.63) is 23.0 Å². The molecule has 74 valence electrons. The van der Waals surface area contributed by atoms with Crippen LogP contribution in [0, 0.1) is 11.3 Å². The molecule has 0 spiro atoms. The largest absolute Gasteiger partial charge is 0.505 e. The summed E-state index contributed by atoms with van der Waals surface area (Å²) in [5.41, 5.74) is -0.787. The van der Waals surface area contributed by atoms with Crippen LogP contribution in [0.25, 0.3) is 0 Å². The van der Waals surface area contributed by atoms with Gasteiger partial charge in [-0.05, 0) is 0 Å². The van der Waals surface area contributed by atoms with Gasteiger partial charge >= 0.3 is 0 Å². The van der Waals surface area contributed by atoms with Crippen molar-refractivity contribution in [3.8, 4) is 11.8 Å². The van der Waals surface area contributed by atoms with Gasteiger partial charge < -0.3 is 5.11 Å². The zero-order chi connectivity index (χ0) is 10.7. The molecule has 0 aliphatic heterocycles. The van der Waals surface area contributed by atoms with E-state index in [2.05, 4.69) is 20.9 Å². The maximum Gasteiger partial charge on any atom is 0.266 e. The molecular formula is C8H5BrF2N2O. The molecule has 1 aromatic heterocycles. The smallest absolute Gasteiger partial charge is 0.266 e. The number of nitriles is 1. The number of aromatic nitrogens is 1. The standard InChI is InChI=1S/C8H5BrF2N2O/c9-1-6-7(14)4(2-12)5(3-13-6)8(10)11/h3,8,14H,1H2. The predicted octanol–water partition coefficient (Wildman–Crippen LogP) is 2.49. The third-order valence-electron chi connectivity index (χ3n) is 1.63. The van der Waals surface area contributed by atoms with Crippen LogP contribution >= 0.6 is 15.9 Å². The number of pyridine rings is 1. The zero-order valence-electron chi connectivity index (χ0n) is 6.84. The van der Waals surface area contributed by atoms with Crippen molar-refractivity contribution in [1.29, 1.82) is 5.26 Å². The average molecular weight is 263 g/mol. The van der Waals surface area contributed by atoms with Crippen LogP contribution in [-0.4, -0.2) is 10.1 Å². The summed E-state index contributed by atoms with van der Waals surface area (Å²) >= 11 is 3.01. The van der Waals surface area contributed by atoms with E-state index in [4.69, 9.17) is 5.26 Å². The van der Waals surface area contributed by atoms with Crippen LogP contribution in [0.15, 0.2) is 6.20 Å². The molecular weight excluding hydrogens is 258 g/mol. The summed E-state index contributed by atoms with van der Waals surface area (Å²) < 4.78 is 24.6. The van der Waals surface area contributed by atoms with Crippen molar-refractivity contribution in [2.24, 2.45) is 0 Å². The highest BCUT2D eigenvalue weighted by Gasteiger charge is 2.19. The van der Waals surface area contributed by atoms with Crippen LogP contribution in [0.4, 0.5) is 8.78 Å². The van der Waals surface area contributed by atoms with Gasteiger partial charge in [0.15, 0.2) is 5.75 Å². The highest BCUT2D eigenvalue weighted by atomic mass is 79.9. The number of hydrogen-bond acceptors (Lipinski definition) is 3. The SMILES string of the molecule is N#Cc1c(C(F)F)cnc(CBr)c1O. The van der Waals surface area contributed by atoms with Crippen LogP contribution < -0.4 is 0 Å². The Labute approximate surface area is 87.1 Å². The molecule has 1 N–H and O–H groups in total. The third kappa shape index (κ3) is 1.82. The second-order valence-corrected chi connectivity index (χ2v) is 2.99. The lowest BCUT2D eigenvalue weighted by Crippen LogP contribution is -1.97. The van der Waals surface area contributed by atoms with Crippen molar-refractivity contribution >= 4 is 15.9 Å². The number of rotatable bonds is 2. The Bertz CT molecular complexity index is 390. The van der Waals surface area contributed by atoms with Crippen molar-refractivity contribution in [2.75, 3.05) is 0 Å². The Morgan fingerprint density at radius 3 is 2.71 bits per heavy atom. The van der Waals surface area contributed by atoms with E-state index in [0.717, 1.165) is 6.20 Å². The summed E-state index contributed by atoms with van der Waals surface area (Å²) in [7, 11) is 0. The molecule has 0 aliphatic carbocycles. The van der Waals surface area contributed by atoms with Gasteiger partial charge in [0.2, 0.25) is 0 Å². The highest BCUT2D eigenvalue weighted by Crippen LogP contribution is 2.30. The van der Waals surface area contributed by atoms with E-state index in [9.17, 15) is 13.9 Å². The van der Waals surface area contributed by atoms with Crippen LogP contribution in [0.3, 0.4) is 0 Å². The molecule has 0 unspecified atom stereocenters. The number of halogens is 3. The average Bonchev–Trinajstić information content (AvgIpc) is 2.17. The van der Waals surface area contributed by atoms with Crippen LogP contribution in [0.5, 0.6) is 5.75 Å². The van der Waals surface area contributed by atoms with Gasteiger partial charge in [-0.1, -0.05) is 15.9 Å². The van der Waals surface area contributed by atoms with Gasteiger partial charge in [0, 0.05) is 11.5 Å². The number of aromatic hydroxyl groups is 1. The number of nitrogens with zero attached hydrogens (tertiary/aromatic N) is 2. The normalized spacial score (nSPS) is 10.2. The predicted molar refractivity (Wildman–Crippen MR) is 48.2 cm³/mol. The molecule has 1 rings (SSSR count). The molecule has 0 radical (unpaired) electrons. The summed E-state index contributed by atoms with van der Waals surface area (Å²) in [6.45, 7) is 0. The molecule has 6 heteroatoms. The fourth-order valence-electron chi connectivity index (χ4n) is 0.935. The summed E-state index contributed by atoms with van der Waals surface area (Å²) in [6.07, 6.45) is -1.91. The van der Waals surface area contributed by atoms with Gasteiger partial charge in [-0.2, -0.15) is 5.26 Å². The van der Waals surface area contributed by atoms with E-state index in [1.54, 1.807) is 0 Å². The Kier molecular flexibility index (Phi) is 3.36. The van der Waals surface area contributed by atoms with E-state index in [-0.39, 0.29) is 11.0 Å². The summed E-state index contributed by atoms with van der Waals surface area (Å²) in [5.74, 6) is -0.484. The number of alkyl halides is 3. The summed E-state index contributed by atoms with van der Waals surface area (Å²) in [4.78, 5) is 3.60. The van der Waals surface area contributed by atoms with E-state index in [1.807, 2.05) is 0 Å². The fraction of sp³-hybridized carbons (Fsp3) is 0.250. The van der Waals surface area contributed by atoms with E-state index in [0.29, 0.717) is 0 Å². The second-order valence-electron chi connectivity index (χ2n) is 2.43. The molecule has 14 heavy (non-hydrogen) atoms. The topological polar surface area (TPSA) is 56.9 Å². The van der Waals surface area contributed by atoms with Crippen LogP contribution in [0.2, 0.25) is 0 Å². The van der Waals surface area contributed by atoms with Crippen molar-refractivity contribution < 1.29 is 13.9 Å². The van der Waals surface area contributed by atoms with Gasteiger partial charge in [0.05, 0.1) is 11.3 Å². The molecule has 1 heterocycles. The van der Waals surface area contributed by atoms with Crippen LogP contribution in [-0.2, 0) is 5.33 Å². The van der Waals surface area contributed by atoms with Gasteiger partial charge in [-0.15, -0.1) is 0 Å². The van der Waals surface area contributed by atoms with Gasteiger partial charge in [0.25, 0.3) is 6.43 Å². The molecule has 0 saturated carbocycles. The highest BCUT2D eigenvalue weighted by molar-refractivity contribution is 9.08. The van der Waals surface area contributed by atoms with Crippen LogP contribution in [0.1, 0.15) is 23.2 Å². The third-order valence-corrected chi connectivity index (χ3v) is 2.16. The first kappa shape index (κ1) is 10.9. The minimum Gasteiger partial charge on any atom is -0.505 e. The molecule has 0 saturated heterocycles. The van der Waals surface area contributed by atoms with E-state index in [1.165, 1.54) is 6.07 Å². The lowest BCUT2D eigenvalue weighted by molar-refractivity contribution is 0.150. The Morgan fingerprint density at radius 2 is 2.29 bits per heavy atom. The van der Waals surface area contributed by atoms with Gasteiger partial charge in [-0.3, -0.25) is 4.98 Å². The van der Waals surface area contributed by atoms with E-state index < -0.39 is 23.3 Å². The molecule has 0 aliphatic rings. The van der Waals surface area contributed by atoms with Gasteiger partial charge in [-0.25, -0.2) is 8.78 Å². The first-order valence-electron chi connectivity index (χ1n) is 3.56. The molecule has 0 bridgehead atoms. The first-order valence-corrected chi connectivity index (χ1v) is 4.69. The monoisotopic (exact) mass is 262 g/mol. The molecule has 0 amide bonds. The van der Waals surface area contributed by atoms with E-state index >= 15 is 0 Å². The lowest BCUT2D eigenvalue weighted by Gasteiger charge is -2.06. The fourth-order valence-corrected chi connectivity index (χ4v) is 1.35. The molecule has 0 aromatic carbocycles. The lowest BCUT2D eigenvalue weighted by atomic mass is 10.1. The first-order chi connectivity index (χ1) is 6.61. The maximum atomic E-state index is 12.3. The number of hydrogen-bond donors (Lipinski definition) is 1. The quantitative estimate of drug-likeness (QED) is 0.834. The molecule has 1 aromatic rings. The minimum absolute atomic E-state index is 0.172. The van der Waals surface area contributed by atoms with Crippen molar-refractivity contribution in [3.63, 3.8) is 0 Å². The van der Waals surface area contributed by atoms with Gasteiger partial charge in [0.1, 0.15) is 11.6 Å². The Balaban J connectivity index is 3.38. The summed E-state index contributed by atoms with van der Waals surface area (Å²) in [6, 6.07) is 1.53. The molecule has 0 fully saturated rings. The Hall–Kier alpha value is -1.22. The summed E-state index contributed by atoms with van der Waals surface area (Å²) in [5, 5.41) is 18.2. The Morgan fingerprint density at radius 1 is 1.64 bits per heavy atom. The van der Waals surface area contributed by atoms with Crippen molar-refractivity contribution in [1.82, 2.24) is 4.98 Å². The maximum absolute atomic E-state index is 12.3.